The molecule has 1 nitrogen and oxygen atoms in total. The van der Waals surface area contributed by atoms with Crippen LogP contribution in [-0.4, -0.2) is 12.2 Å². The summed E-state index contributed by atoms with van der Waals surface area (Å²) in [7, 11) is 0. The molecule has 1 unspecified atom stereocenters. The molecule has 1 saturated heterocycles. The first kappa shape index (κ1) is 9.51. The van der Waals surface area contributed by atoms with Gasteiger partial charge in [0.05, 0.1) is 5.60 Å². The molecular weight excluding hydrogens is 160 g/mol. The highest BCUT2D eigenvalue weighted by Gasteiger charge is 2.44. The lowest BCUT2D eigenvalue weighted by Gasteiger charge is -2.50. The Balaban J connectivity index is 2.00. The zero-order valence-electron chi connectivity index (χ0n) is 9.23. The Labute approximate surface area is 81.9 Å². The Hall–Kier alpha value is -0.0400. The smallest absolute Gasteiger partial charge is 0.0685 e. The molecule has 0 amide bonds. The number of rotatable bonds is 0. The Bertz CT molecular complexity index is 186. The van der Waals surface area contributed by atoms with Gasteiger partial charge in [0.15, 0.2) is 0 Å². The predicted molar refractivity (Wildman–Crippen MR) is 54.7 cm³/mol. The van der Waals surface area contributed by atoms with E-state index < -0.39 is 0 Å². The molecule has 0 aromatic rings. The third-order valence-corrected chi connectivity index (χ3v) is 3.98. The van der Waals surface area contributed by atoms with Crippen molar-refractivity contribution >= 4 is 0 Å². The first-order chi connectivity index (χ1) is 6.02. The molecular formula is C12H22O. The Morgan fingerprint density at radius 3 is 2.38 bits per heavy atom. The molecule has 1 aliphatic carbocycles. The summed E-state index contributed by atoms with van der Waals surface area (Å²) in [5.74, 6) is 0.876. The van der Waals surface area contributed by atoms with Crippen LogP contribution in [0.3, 0.4) is 0 Å². The lowest BCUT2D eigenvalue weighted by atomic mass is 9.65. The molecule has 0 bridgehead atoms. The molecule has 2 rings (SSSR count). The summed E-state index contributed by atoms with van der Waals surface area (Å²) in [6.07, 6.45) is 6.61. The molecule has 13 heavy (non-hydrogen) atoms. The number of ether oxygens (including phenoxy) is 1. The van der Waals surface area contributed by atoms with Gasteiger partial charge in [-0.1, -0.05) is 20.8 Å². The highest BCUT2D eigenvalue weighted by Crippen LogP contribution is 2.48. The fraction of sp³-hybridized carbons (Fsp3) is 1.00. The molecule has 2 aliphatic rings. The minimum atomic E-state index is 0.330. The first-order valence-electron chi connectivity index (χ1n) is 5.66. The van der Waals surface area contributed by atoms with E-state index in [0.29, 0.717) is 11.0 Å². The normalized spacial score (nSPS) is 33.0. The third-order valence-electron chi connectivity index (χ3n) is 3.98. The van der Waals surface area contributed by atoms with E-state index in [1.54, 1.807) is 0 Å². The fourth-order valence-electron chi connectivity index (χ4n) is 2.69. The summed E-state index contributed by atoms with van der Waals surface area (Å²) in [6, 6.07) is 0. The van der Waals surface area contributed by atoms with Crippen LogP contribution in [0.25, 0.3) is 0 Å². The van der Waals surface area contributed by atoms with E-state index in [1.807, 2.05) is 0 Å². The molecule has 1 heteroatoms. The van der Waals surface area contributed by atoms with Crippen LogP contribution in [-0.2, 0) is 4.74 Å². The maximum absolute atomic E-state index is 5.93. The van der Waals surface area contributed by atoms with Crippen molar-refractivity contribution in [3.05, 3.63) is 0 Å². The molecule has 0 aromatic heterocycles. The Kier molecular flexibility index (Phi) is 2.18. The van der Waals surface area contributed by atoms with Gasteiger partial charge >= 0.3 is 0 Å². The monoisotopic (exact) mass is 182 g/mol. The number of hydrogen-bond acceptors (Lipinski definition) is 1. The molecule has 1 heterocycles. The van der Waals surface area contributed by atoms with Gasteiger partial charge in [0.1, 0.15) is 0 Å². The van der Waals surface area contributed by atoms with Crippen LogP contribution in [0.15, 0.2) is 0 Å². The maximum atomic E-state index is 5.93. The van der Waals surface area contributed by atoms with Gasteiger partial charge in [0, 0.05) is 6.61 Å². The second-order valence-electron chi connectivity index (χ2n) is 5.94. The van der Waals surface area contributed by atoms with Crippen LogP contribution in [0.2, 0.25) is 0 Å². The highest BCUT2D eigenvalue weighted by atomic mass is 16.5. The standard InChI is InChI=1S/C12H22O/c1-11(2,3)10-5-8-13-12(9-10)6-4-7-12/h10H,4-9H2,1-3H3. The van der Waals surface area contributed by atoms with E-state index in [4.69, 9.17) is 4.74 Å². The van der Waals surface area contributed by atoms with Gasteiger partial charge in [-0.25, -0.2) is 0 Å². The van der Waals surface area contributed by atoms with E-state index in [2.05, 4.69) is 20.8 Å². The van der Waals surface area contributed by atoms with Crippen LogP contribution in [0.1, 0.15) is 52.9 Å². The van der Waals surface area contributed by atoms with Crippen molar-refractivity contribution in [2.24, 2.45) is 11.3 Å². The molecule has 1 spiro atoms. The van der Waals surface area contributed by atoms with Crippen molar-refractivity contribution in [3.8, 4) is 0 Å². The predicted octanol–water partition coefficient (Wildman–Crippen LogP) is 3.38. The van der Waals surface area contributed by atoms with Crippen LogP contribution in [0.5, 0.6) is 0 Å². The zero-order valence-corrected chi connectivity index (χ0v) is 9.23. The van der Waals surface area contributed by atoms with Crippen molar-refractivity contribution in [1.29, 1.82) is 0 Å². The minimum Gasteiger partial charge on any atom is -0.375 e. The lowest BCUT2D eigenvalue weighted by Crippen LogP contribution is -2.47. The summed E-state index contributed by atoms with van der Waals surface area (Å²) < 4.78 is 5.93. The average molecular weight is 182 g/mol. The SMILES string of the molecule is CC(C)(C)C1CCOC2(CCC2)C1. The van der Waals surface area contributed by atoms with Crippen LogP contribution in [0, 0.1) is 11.3 Å². The van der Waals surface area contributed by atoms with E-state index in [1.165, 1.54) is 32.1 Å². The second kappa shape index (κ2) is 2.98. The molecule has 0 N–H and O–H groups in total. The van der Waals surface area contributed by atoms with Crippen molar-refractivity contribution < 1.29 is 4.74 Å². The molecule has 0 radical (unpaired) electrons. The summed E-state index contributed by atoms with van der Waals surface area (Å²) in [5, 5.41) is 0. The van der Waals surface area contributed by atoms with Crippen molar-refractivity contribution in [2.75, 3.05) is 6.61 Å². The molecule has 0 aromatic carbocycles. The van der Waals surface area contributed by atoms with Gasteiger partial charge in [0.2, 0.25) is 0 Å². The number of hydrogen-bond donors (Lipinski definition) is 0. The molecule has 2 fully saturated rings. The Morgan fingerprint density at radius 2 is 1.92 bits per heavy atom. The van der Waals surface area contributed by atoms with E-state index in [9.17, 15) is 0 Å². The van der Waals surface area contributed by atoms with Gasteiger partial charge in [-0.3, -0.25) is 0 Å². The van der Waals surface area contributed by atoms with E-state index in [-0.39, 0.29) is 0 Å². The fourth-order valence-corrected chi connectivity index (χ4v) is 2.69. The van der Waals surface area contributed by atoms with E-state index >= 15 is 0 Å². The highest BCUT2D eigenvalue weighted by molar-refractivity contribution is 4.96. The van der Waals surface area contributed by atoms with Gasteiger partial charge in [-0.15, -0.1) is 0 Å². The van der Waals surface area contributed by atoms with Crippen molar-refractivity contribution in [1.82, 2.24) is 0 Å². The van der Waals surface area contributed by atoms with Gasteiger partial charge in [-0.05, 0) is 43.4 Å². The van der Waals surface area contributed by atoms with Crippen LogP contribution >= 0.6 is 0 Å². The summed E-state index contributed by atoms with van der Waals surface area (Å²) in [6.45, 7) is 8.11. The average Bonchev–Trinajstić information content (AvgIpc) is 2.00. The first-order valence-corrected chi connectivity index (χ1v) is 5.66. The van der Waals surface area contributed by atoms with E-state index in [0.717, 1.165) is 12.5 Å². The minimum absolute atomic E-state index is 0.330. The molecule has 1 aliphatic heterocycles. The third kappa shape index (κ3) is 1.76. The summed E-state index contributed by atoms with van der Waals surface area (Å²) >= 11 is 0. The quantitative estimate of drug-likeness (QED) is 0.558. The van der Waals surface area contributed by atoms with Crippen LogP contribution in [0.4, 0.5) is 0 Å². The molecule has 1 saturated carbocycles. The van der Waals surface area contributed by atoms with Gasteiger partial charge in [0.25, 0.3) is 0 Å². The second-order valence-corrected chi connectivity index (χ2v) is 5.94. The summed E-state index contributed by atoms with van der Waals surface area (Å²) in [5.41, 5.74) is 0.808. The maximum Gasteiger partial charge on any atom is 0.0685 e. The molecule has 1 atom stereocenters. The molecule has 76 valence electrons. The zero-order chi connectivity index (χ0) is 9.53. The largest absolute Gasteiger partial charge is 0.375 e. The Morgan fingerprint density at radius 1 is 1.23 bits per heavy atom. The van der Waals surface area contributed by atoms with Crippen molar-refractivity contribution in [2.45, 2.75) is 58.5 Å². The lowest BCUT2D eigenvalue weighted by molar-refractivity contribution is -0.155. The van der Waals surface area contributed by atoms with Crippen LogP contribution < -0.4 is 0 Å². The summed E-state index contributed by atoms with van der Waals surface area (Å²) in [4.78, 5) is 0. The van der Waals surface area contributed by atoms with Gasteiger partial charge in [-0.2, -0.15) is 0 Å². The topological polar surface area (TPSA) is 9.23 Å². The van der Waals surface area contributed by atoms with Crippen molar-refractivity contribution in [3.63, 3.8) is 0 Å². The van der Waals surface area contributed by atoms with Gasteiger partial charge < -0.3 is 4.74 Å².